The molecule has 9 heteroatoms. The molecular formula is C21H30ClN5O2S. The molecule has 30 heavy (non-hydrogen) atoms. The molecule has 0 bridgehead atoms. The predicted molar refractivity (Wildman–Crippen MR) is 125 cm³/mol. The van der Waals surface area contributed by atoms with Gasteiger partial charge in [-0.25, -0.2) is 4.98 Å². The Morgan fingerprint density at radius 3 is 2.57 bits per heavy atom. The van der Waals surface area contributed by atoms with Gasteiger partial charge in [-0.05, 0) is 45.1 Å². The van der Waals surface area contributed by atoms with Gasteiger partial charge in [0.25, 0.3) is 5.91 Å². The molecule has 1 amide bonds. The van der Waals surface area contributed by atoms with Gasteiger partial charge in [-0.15, -0.1) is 12.4 Å². The first kappa shape index (κ1) is 24.1. The number of amides is 1. The monoisotopic (exact) mass is 451 g/mol. The van der Waals surface area contributed by atoms with Gasteiger partial charge in [0.15, 0.2) is 5.13 Å². The zero-order chi connectivity index (χ0) is 20.8. The van der Waals surface area contributed by atoms with Crippen molar-refractivity contribution in [3.8, 4) is 5.75 Å². The van der Waals surface area contributed by atoms with Gasteiger partial charge in [0, 0.05) is 25.8 Å². The highest BCUT2D eigenvalue weighted by molar-refractivity contribution is 7.22. The molecule has 0 aliphatic heterocycles. The van der Waals surface area contributed by atoms with Crippen LogP contribution in [0.2, 0.25) is 0 Å². The Hall–Kier alpha value is -2.16. The number of benzene rings is 1. The smallest absolute Gasteiger partial charge is 0.278 e. The molecule has 7 nitrogen and oxygen atoms in total. The number of aromatic nitrogens is 3. The molecule has 0 saturated heterocycles. The average Bonchev–Trinajstić information content (AvgIpc) is 3.38. The standard InChI is InChI=1S/C21H29N5O2S.ClH/c1-5-24(6-2)14-15-25(20(27)16-12-13-22-26(16)7-3)21-23-19-17(28-8-4)10-9-11-18(19)29-21;/h9-13H,5-8,14-15H2,1-4H3;1H. The van der Waals surface area contributed by atoms with Crippen molar-refractivity contribution in [2.45, 2.75) is 34.2 Å². The lowest BCUT2D eigenvalue weighted by Crippen LogP contribution is -2.39. The Morgan fingerprint density at radius 1 is 1.13 bits per heavy atom. The number of para-hydroxylation sites is 1. The molecule has 0 radical (unpaired) electrons. The van der Waals surface area contributed by atoms with Crippen molar-refractivity contribution in [3.05, 3.63) is 36.2 Å². The maximum Gasteiger partial charge on any atom is 0.278 e. The van der Waals surface area contributed by atoms with E-state index in [9.17, 15) is 4.79 Å². The Kier molecular flexibility index (Phi) is 9.08. The van der Waals surface area contributed by atoms with Gasteiger partial charge in [-0.1, -0.05) is 31.3 Å². The van der Waals surface area contributed by atoms with Crippen LogP contribution < -0.4 is 9.64 Å². The lowest BCUT2D eigenvalue weighted by atomic mass is 10.3. The summed E-state index contributed by atoms with van der Waals surface area (Å²) in [4.78, 5) is 22.3. The van der Waals surface area contributed by atoms with Crippen LogP contribution in [-0.2, 0) is 6.54 Å². The number of hydrogen-bond donors (Lipinski definition) is 0. The first-order valence-electron chi connectivity index (χ1n) is 10.2. The summed E-state index contributed by atoms with van der Waals surface area (Å²) in [6.45, 7) is 12.7. The van der Waals surface area contributed by atoms with Crippen LogP contribution in [0.5, 0.6) is 5.75 Å². The number of nitrogens with zero attached hydrogens (tertiary/aromatic N) is 5. The fourth-order valence-corrected chi connectivity index (χ4v) is 4.28. The number of likely N-dealkylation sites (N-methyl/N-ethyl adjacent to an activating group) is 1. The van der Waals surface area contributed by atoms with Gasteiger partial charge in [0.1, 0.15) is 17.0 Å². The van der Waals surface area contributed by atoms with Crippen LogP contribution >= 0.6 is 23.7 Å². The molecule has 0 saturated carbocycles. The van der Waals surface area contributed by atoms with Gasteiger partial charge in [0.05, 0.1) is 11.3 Å². The second kappa shape index (κ2) is 11.3. The Bertz CT molecular complexity index is 954. The minimum atomic E-state index is -0.0754. The third-order valence-electron chi connectivity index (χ3n) is 4.92. The Morgan fingerprint density at radius 2 is 1.90 bits per heavy atom. The number of hydrogen-bond acceptors (Lipinski definition) is 6. The maximum absolute atomic E-state index is 13.4. The number of anilines is 1. The van der Waals surface area contributed by atoms with E-state index in [1.54, 1.807) is 21.8 Å². The average molecular weight is 452 g/mol. The summed E-state index contributed by atoms with van der Waals surface area (Å²) < 4.78 is 8.47. The Labute approximate surface area is 188 Å². The number of carbonyl (C=O) groups is 1. The number of carbonyl (C=O) groups excluding carboxylic acids is 1. The summed E-state index contributed by atoms with van der Waals surface area (Å²) in [5.74, 6) is 0.677. The van der Waals surface area contributed by atoms with Crippen molar-refractivity contribution >= 4 is 45.0 Å². The SMILES string of the molecule is CCOc1cccc2sc(N(CCN(CC)CC)C(=O)c3ccnn3CC)nc12.Cl. The molecule has 0 fully saturated rings. The highest BCUT2D eigenvalue weighted by atomic mass is 35.5. The largest absolute Gasteiger partial charge is 0.492 e. The number of aryl methyl sites for hydroxylation is 1. The maximum atomic E-state index is 13.4. The quantitative estimate of drug-likeness (QED) is 0.459. The summed E-state index contributed by atoms with van der Waals surface area (Å²) in [6, 6.07) is 7.67. The molecule has 2 aromatic heterocycles. The summed E-state index contributed by atoms with van der Waals surface area (Å²) in [5.41, 5.74) is 1.38. The summed E-state index contributed by atoms with van der Waals surface area (Å²) in [6.07, 6.45) is 1.67. The minimum absolute atomic E-state index is 0. The first-order valence-corrected chi connectivity index (χ1v) is 11.0. The van der Waals surface area contributed by atoms with Gasteiger partial charge in [-0.3, -0.25) is 14.4 Å². The third kappa shape index (κ3) is 5.11. The van der Waals surface area contributed by atoms with Crippen LogP contribution in [0.3, 0.4) is 0 Å². The zero-order valence-electron chi connectivity index (χ0n) is 18.0. The van der Waals surface area contributed by atoms with E-state index in [4.69, 9.17) is 9.72 Å². The molecule has 0 aliphatic carbocycles. The van der Waals surface area contributed by atoms with Crippen LogP contribution in [0.4, 0.5) is 5.13 Å². The molecule has 2 heterocycles. The summed E-state index contributed by atoms with van der Waals surface area (Å²) in [7, 11) is 0. The van der Waals surface area contributed by atoms with E-state index < -0.39 is 0 Å². The van der Waals surface area contributed by atoms with Crippen LogP contribution in [0.25, 0.3) is 10.2 Å². The van der Waals surface area contributed by atoms with Crippen molar-refractivity contribution < 1.29 is 9.53 Å². The van der Waals surface area contributed by atoms with Crippen molar-refractivity contribution in [3.63, 3.8) is 0 Å². The van der Waals surface area contributed by atoms with E-state index in [0.717, 1.165) is 35.6 Å². The lowest BCUT2D eigenvalue weighted by molar-refractivity contribution is 0.0973. The molecule has 164 valence electrons. The first-order chi connectivity index (χ1) is 14.1. The highest BCUT2D eigenvalue weighted by Crippen LogP contribution is 2.34. The van der Waals surface area contributed by atoms with Crippen molar-refractivity contribution in [2.75, 3.05) is 37.7 Å². The molecule has 0 unspecified atom stereocenters. The topological polar surface area (TPSA) is 63.5 Å². The lowest BCUT2D eigenvalue weighted by Gasteiger charge is -2.24. The molecule has 1 aromatic carbocycles. The van der Waals surface area contributed by atoms with E-state index in [1.807, 2.05) is 32.0 Å². The molecular weight excluding hydrogens is 422 g/mol. The number of thiazole rings is 1. The van der Waals surface area contributed by atoms with Gasteiger partial charge >= 0.3 is 0 Å². The molecule has 0 spiro atoms. The second-order valence-electron chi connectivity index (χ2n) is 6.55. The van der Waals surface area contributed by atoms with Crippen molar-refractivity contribution in [2.24, 2.45) is 0 Å². The second-order valence-corrected chi connectivity index (χ2v) is 7.56. The molecule has 0 N–H and O–H groups in total. The summed E-state index contributed by atoms with van der Waals surface area (Å²) >= 11 is 1.52. The van der Waals surface area contributed by atoms with E-state index in [-0.39, 0.29) is 18.3 Å². The van der Waals surface area contributed by atoms with E-state index in [0.29, 0.717) is 30.5 Å². The van der Waals surface area contributed by atoms with Crippen LogP contribution in [0.15, 0.2) is 30.5 Å². The molecule has 3 aromatic rings. The van der Waals surface area contributed by atoms with Crippen LogP contribution in [-0.4, -0.2) is 58.4 Å². The number of ether oxygens (including phenoxy) is 1. The highest BCUT2D eigenvalue weighted by Gasteiger charge is 2.25. The summed E-state index contributed by atoms with van der Waals surface area (Å²) in [5, 5.41) is 4.95. The van der Waals surface area contributed by atoms with Gasteiger partial charge < -0.3 is 9.64 Å². The van der Waals surface area contributed by atoms with Crippen LogP contribution in [0, 0.1) is 0 Å². The number of rotatable bonds is 10. The van der Waals surface area contributed by atoms with E-state index in [2.05, 4.69) is 23.8 Å². The normalized spacial score (nSPS) is 11.0. The van der Waals surface area contributed by atoms with E-state index >= 15 is 0 Å². The minimum Gasteiger partial charge on any atom is -0.492 e. The fourth-order valence-electron chi connectivity index (χ4n) is 3.27. The molecule has 0 aliphatic rings. The molecule has 0 atom stereocenters. The fraction of sp³-hybridized carbons (Fsp3) is 0.476. The van der Waals surface area contributed by atoms with Crippen LogP contribution in [0.1, 0.15) is 38.2 Å². The van der Waals surface area contributed by atoms with Crippen molar-refractivity contribution in [1.82, 2.24) is 19.7 Å². The number of fused-ring (bicyclic) bond motifs is 1. The number of halogens is 1. The predicted octanol–water partition coefficient (Wildman–Crippen LogP) is 4.32. The van der Waals surface area contributed by atoms with Gasteiger partial charge in [-0.2, -0.15) is 5.10 Å². The Balaban J connectivity index is 0.00000320. The third-order valence-corrected chi connectivity index (χ3v) is 5.96. The van der Waals surface area contributed by atoms with Gasteiger partial charge in [0.2, 0.25) is 0 Å². The van der Waals surface area contributed by atoms with Crippen molar-refractivity contribution in [1.29, 1.82) is 0 Å². The zero-order valence-corrected chi connectivity index (χ0v) is 19.6. The molecule has 3 rings (SSSR count). The van der Waals surface area contributed by atoms with E-state index in [1.165, 1.54) is 11.3 Å².